The Morgan fingerprint density at radius 3 is 2.56 bits per heavy atom. The molecule has 0 N–H and O–H groups in total. The summed E-state index contributed by atoms with van der Waals surface area (Å²) in [6.07, 6.45) is 4.08. The third-order valence-electron chi connectivity index (χ3n) is 4.19. The van der Waals surface area contributed by atoms with Crippen molar-refractivity contribution in [1.82, 2.24) is 9.66 Å². The normalized spacial score (nSPS) is 11.5. The Morgan fingerprint density at radius 2 is 1.92 bits per heavy atom. The number of hydrogen-bond acceptors (Lipinski definition) is 5. The summed E-state index contributed by atoms with van der Waals surface area (Å²) in [6, 6.07) is 10.1. The molecule has 0 aliphatic heterocycles. The molecule has 0 saturated heterocycles. The van der Waals surface area contributed by atoms with E-state index in [0.29, 0.717) is 5.39 Å². The molecule has 0 spiro atoms. The highest BCUT2D eigenvalue weighted by Gasteiger charge is 2.07. The van der Waals surface area contributed by atoms with E-state index in [0.717, 1.165) is 34.8 Å². The van der Waals surface area contributed by atoms with Crippen molar-refractivity contribution in [3.05, 3.63) is 57.5 Å². The lowest BCUT2D eigenvalue weighted by molar-refractivity contribution is 0.818. The van der Waals surface area contributed by atoms with Gasteiger partial charge in [0.1, 0.15) is 11.2 Å². The summed E-state index contributed by atoms with van der Waals surface area (Å²) >= 11 is 1.56. The van der Waals surface area contributed by atoms with Crippen molar-refractivity contribution < 1.29 is 0 Å². The Labute approximate surface area is 151 Å². The molecule has 130 valence electrons. The first-order valence-electron chi connectivity index (χ1n) is 8.55. The summed E-state index contributed by atoms with van der Waals surface area (Å²) in [5.41, 5.74) is 2.01. The van der Waals surface area contributed by atoms with Crippen LogP contribution in [0.3, 0.4) is 0 Å². The molecular formula is C19H22N4OS. The first kappa shape index (κ1) is 17.4. The fourth-order valence-corrected chi connectivity index (χ4v) is 3.63. The molecule has 3 rings (SSSR count). The van der Waals surface area contributed by atoms with Gasteiger partial charge in [-0.15, -0.1) is 11.3 Å². The average molecular weight is 354 g/mol. The van der Waals surface area contributed by atoms with E-state index >= 15 is 0 Å². The highest BCUT2D eigenvalue weighted by atomic mass is 32.1. The van der Waals surface area contributed by atoms with E-state index in [9.17, 15) is 4.79 Å². The number of fused-ring (bicyclic) bond motifs is 1. The largest absolute Gasteiger partial charge is 0.372 e. The molecule has 2 aromatic heterocycles. The average Bonchev–Trinajstić information content (AvgIpc) is 3.08. The zero-order valence-electron chi connectivity index (χ0n) is 14.8. The van der Waals surface area contributed by atoms with E-state index in [4.69, 9.17) is 0 Å². The van der Waals surface area contributed by atoms with Gasteiger partial charge in [-0.05, 0) is 44.0 Å². The second kappa shape index (κ2) is 7.61. The van der Waals surface area contributed by atoms with Crippen molar-refractivity contribution in [2.45, 2.75) is 27.2 Å². The molecule has 0 unspecified atom stereocenters. The van der Waals surface area contributed by atoms with E-state index < -0.39 is 0 Å². The summed E-state index contributed by atoms with van der Waals surface area (Å²) in [4.78, 5) is 21.1. The lowest BCUT2D eigenvalue weighted by Gasteiger charge is -2.20. The lowest BCUT2D eigenvalue weighted by atomic mass is 10.2. The van der Waals surface area contributed by atoms with Gasteiger partial charge in [-0.25, -0.2) is 4.98 Å². The molecule has 2 heterocycles. The predicted molar refractivity (Wildman–Crippen MR) is 106 cm³/mol. The van der Waals surface area contributed by atoms with E-state index in [1.165, 1.54) is 16.7 Å². The molecule has 0 amide bonds. The summed E-state index contributed by atoms with van der Waals surface area (Å²) in [6.45, 7) is 8.31. The van der Waals surface area contributed by atoms with E-state index in [2.05, 4.69) is 47.9 Å². The number of aromatic nitrogens is 2. The van der Waals surface area contributed by atoms with Crippen LogP contribution in [0.4, 0.5) is 5.69 Å². The Bertz CT molecular complexity index is 936. The van der Waals surface area contributed by atoms with E-state index in [1.54, 1.807) is 17.6 Å². The molecule has 0 saturated carbocycles. The van der Waals surface area contributed by atoms with Gasteiger partial charge in [-0.3, -0.25) is 4.79 Å². The second-order valence-electron chi connectivity index (χ2n) is 5.69. The number of thiophene rings is 1. The molecule has 6 heteroatoms. The minimum absolute atomic E-state index is 0.128. The fraction of sp³-hybridized carbons (Fsp3) is 0.316. The van der Waals surface area contributed by atoms with E-state index in [1.807, 2.05) is 18.2 Å². The van der Waals surface area contributed by atoms with Gasteiger partial charge in [0.25, 0.3) is 5.56 Å². The van der Waals surface area contributed by atoms with Gasteiger partial charge in [0.2, 0.25) is 0 Å². The maximum Gasteiger partial charge on any atom is 0.282 e. The summed E-state index contributed by atoms with van der Waals surface area (Å²) < 4.78 is 1.30. The molecule has 0 fully saturated rings. The molecular weight excluding hydrogens is 332 g/mol. The maximum atomic E-state index is 12.5. The molecule has 0 bridgehead atoms. The highest BCUT2D eigenvalue weighted by molar-refractivity contribution is 7.18. The third-order valence-corrected chi connectivity index (χ3v) is 5.38. The standard InChI is InChI=1S/C19H22N4OS/c1-4-16-11-17-18(25-16)20-13-23(19(17)24)21-12-14-7-9-15(10-8-14)22(5-2)6-3/h7-13H,4-6H2,1-3H3/b21-12-. The monoisotopic (exact) mass is 354 g/mol. The van der Waals surface area contributed by atoms with Crippen LogP contribution in [0.5, 0.6) is 0 Å². The van der Waals surface area contributed by atoms with Crippen LogP contribution in [-0.2, 0) is 6.42 Å². The van der Waals surface area contributed by atoms with Gasteiger partial charge in [0.15, 0.2) is 0 Å². The summed E-state index contributed by atoms with van der Waals surface area (Å²) in [5, 5.41) is 4.92. The van der Waals surface area contributed by atoms with Crippen molar-refractivity contribution in [3.63, 3.8) is 0 Å². The summed E-state index contributed by atoms with van der Waals surface area (Å²) in [7, 11) is 0. The van der Waals surface area contributed by atoms with Crippen molar-refractivity contribution >= 4 is 33.5 Å². The Morgan fingerprint density at radius 1 is 1.20 bits per heavy atom. The summed E-state index contributed by atoms with van der Waals surface area (Å²) in [5.74, 6) is 0. The van der Waals surface area contributed by atoms with Crippen LogP contribution in [0.1, 0.15) is 31.2 Å². The Balaban J connectivity index is 1.85. The van der Waals surface area contributed by atoms with E-state index in [-0.39, 0.29) is 5.56 Å². The number of hydrogen-bond donors (Lipinski definition) is 0. The second-order valence-corrected chi connectivity index (χ2v) is 6.80. The molecule has 0 radical (unpaired) electrons. The van der Waals surface area contributed by atoms with Crippen LogP contribution in [-0.4, -0.2) is 29.0 Å². The quantitative estimate of drug-likeness (QED) is 0.634. The van der Waals surface area contributed by atoms with Crippen LogP contribution in [0.25, 0.3) is 10.2 Å². The number of nitrogens with zero attached hydrogens (tertiary/aromatic N) is 4. The molecule has 0 atom stereocenters. The van der Waals surface area contributed by atoms with Gasteiger partial charge in [0.05, 0.1) is 11.6 Å². The van der Waals surface area contributed by atoms with Crippen molar-refractivity contribution in [1.29, 1.82) is 0 Å². The first-order chi connectivity index (χ1) is 12.2. The highest BCUT2D eigenvalue weighted by Crippen LogP contribution is 2.21. The number of benzene rings is 1. The predicted octanol–water partition coefficient (Wildman–Crippen LogP) is 3.75. The van der Waals surface area contributed by atoms with Crippen molar-refractivity contribution in [3.8, 4) is 0 Å². The number of anilines is 1. The molecule has 25 heavy (non-hydrogen) atoms. The topological polar surface area (TPSA) is 50.5 Å². The zero-order valence-corrected chi connectivity index (χ0v) is 15.6. The number of rotatable bonds is 6. The minimum atomic E-state index is -0.128. The van der Waals surface area contributed by atoms with Crippen molar-refractivity contribution in [2.75, 3.05) is 18.0 Å². The molecule has 1 aromatic carbocycles. The molecule has 3 aromatic rings. The van der Waals surface area contributed by atoms with Crippen molar-refractivity contribution in [2.24, 2.45) is 5.10 Å². The molecule has 5 nitrogen and oxygen atoms in total. The van der Waals surface area contributed by atoms with Crippen LogP contribution in [0.2, 0.25) is 0 Å². The van der Waals surface area contributed by atoms with Gasteiger partial charge in [0, 0.05) is 23.7 Å². The van der Waals surface area contributed by atoms with Crippen LogP contribution < -0.4 is 10.5 Å². The Hall–Kier alpha value is -2.47. The van der Waals surface area contributed by atoms with Crippen LogP contribution in [0, 0.1) is 0 Å². The van der Waals surface area contributed by atoms with Gasteiger partial charge in [-0.2, -0.15) is 9.78 Å². The van der Waals surface area contributed by atoms with Gasteiger partial charge < -0.3 is 4.90 Å². The smallest absolute Gasteiger partial charge is 0.282 e. The molecule has 0 aliphatic rings. The van der Waals surface area contributed by atoms with Crippen LogP contribution >= 0.6 is 11.3 Å². The maximum absolute atomic E-state index is 12.5. The molecule has 0 aliphatic carbocycles. The fourth-order valence-electron chi connectivity index (χ4n) is 2.71. The number of aryl methyl sites for hydroxylation is 1. The van der Waals surface area contributed by atoms with Gasteiger partial charge in [-0.1, -0.05) is 19.1 Å². The minimum Gasteiger partial charge on any atom is -0.372 e. The van der Waals surface area contributed by atoms with Crippen LogP contribution in [0.15, 0.2) is 46.6 Å². The zero-order chi connectivity index (χ0) is 17.8. The van der Waals surface area contributed by atoms with Gasteiger partial charge >= 0.3 is 0 Å². The first-order valence-corrected chi connectivity index (χ1v) is 9.37. The SMILES string of the molecule is CCc1cc2c(=O)n(/N=C\c3ccc(N(CC)CC)cc3)cnc2s1. The third kappa shape index (κ3) is 3.64. The lowest BCUT2D eigenvalue weighted by Crippen LogP contribution is -2.21. The Kier molecular flexibility index (Phi) is 5.28.